The fourth-order valence-corrected chi connectivity index (χ4v) is 3.03. The number of hydrogen-bond acceptors (Lipinski definition) is 3. The van der Waals surface area contributed by atoms with Crippen LogP contribution in [0.1, 0.15) is 32.3 Å². The smallest absolute Gasteiger partial charge is 0.240 e. The van der Waals surface area contributed by atoms with E-state index in [2.05, 4.69) is 17.0 Å². The van der Waals surface area contributed by atoms with Crippen LogP contribution in [0, 0.1) is 0 Å². The average molecular weight is 305 g/mol. The molecule has 0 amide bonds. The summed E-state index contributed by atoms with van der Waals surface area (Å²) in [5.41, 5.74) is 0.907. The quantitative estimate of drug-likeness (QED) is 0.726. The summed E-state index contributed by atoms with van der Waals surface area (Å²) in [4.78, 5) is 0.213. The maximum absolute atomic E-state index is 11.9. The Morgan fingerprint density at radius 1 is 1.16 bits per heavy atom. The molecule has 1 aromatic carbocycles. The molecule has 0 bridgehead atoms. The van der Waals surface area contributed by atoms with Gasteiger partial charge in [0, 0.05) is 18.1 Å². The van der Waals surface area contributed by atoms with Crippen molar-refractivity contribution in [1.29, 1.82) is 0 Å². The summed E-state index contributed by atoms with van der Waals surface area (Å²) in [6, 6.07) is 4.85. The van der Waals surface area contributed by atoms with E-state index in [0.29, 0.717) is 18.1 Å². The van der Waals surface area contributed by atoms with Gasteiger partial charge in [-0.2, -0.15) is 0 Å². The summed E-state index contributed by atoms with van der Waals surface area (Å²) in [6.07, 6.45) is 1.80. The van der Waals surface area contributed by atoms with Crippen LogP contribution in [-0.4, -0.2) is 21.5 Å². The van der Waals surface area contributed by atoms with Crippen LogP contribution in [0.4, 0.5) is 0 Å². The van der Waals surface area contributed by atoms with E-state index < -0.39 is 10.0 Å². The first-order chi connectivity index (χ1) is 9.01. The molecule has 0 saturated heterocycles. The van der Waals surface area contributed by atoms with Crippen LogP contribution in [0.25, 0.3) is 0 Å². The van der Waals surface area contributed by atoms with Crippen molar-refractivity contribution in [2.24, 2.45) is 0 Å². The Morgan fingerprint density at radius 3 is 2.42 bits per heavy atom. The highest BCUT2D eigenvalue weighted by Gasteiger charge is 2.14. The van der Waals surface area contributed by atoms with Gasteiger partial charge in [-0.25, -0.2) is 13.1 Å². The zero-order chi connectivity index (χ0) is 14.3. The molecule has 0 aromatic heterocycles. The average Bonchev–Trinajstić information content (AvgIpc) is 2.38. The molecule has 0 atom stereocenters. The molecule has 4 nitrogen and oxygen atoms in total. The highest BCUT2D eigenvalue weighted by atomic mass is 35.5. The van der Waals surface area contributed by atoms with Gasteiger partial charge >= 0.3 is 0 Å². The fourth-order valence-electron chi connectivity index (χ4n) is 1.56. The van der Waals surface area contributed by atoms with Crippen LogP contribution in [0.3, 0.4) is 0 Å². The lowest BCUT2D eigenvalue weighted by Crippen LogP contribution is -2.24. The van der Waals surface area contributed by atoms with Crippen LogP contribution in [-0.2, 0) is 16.6 Å². The lowest BCUT2D eigenvalue weighted by Gasteiger charge is -2.09. The number of sulfonamides is 1. The Bertz CT molecular complexity index is 503. The van der Waals surface area contributed by atoms with Gasteiger partial charge in [0.25, 0.3) is 0 Å². The van der Waals surface area contributed by atoms with E-state index in [1.807, 2.05) is 6.92 Å². The van der Waals surface area contributed by atoms with Crippen LogP contribution in [0.5, 0.6) is 0 Å². The molecule has 0 aliphatic rings. The lowest BCUT2D eigenvalue weighted by atomic mass is 10.2. The van der Waals surface area contributed by atoms with Gasteiger partial charge < -0.3 is 5.32 Å². The number of hydrogen-bond donors (Lipinski definition) is 2. The van der Waals surface area contributed by atoms with E-state index in [0.717, 1.165) is 24.9 Å². The second-order valence-corrected chi connectivity index (χ2v) is 6.50. The summed E-state index contributed by atoms with van der Waals surface area (Å²) in [6.45, 7) is 5.99. The van der Waals surface area contributed by atoms with E-state index >= 15 is 0 Å². The van der Waals surface area contributed by atoms with E-state index in [4.69, 9.17) is 11.6 Å². The molecule has 0 aliphatic heterocycles. The number of rotatable bonds is 8. The summed E-state index contributed by atoms with van der Waals surface area (Å²) in [5, 5.41) is 3.71. The lowest BCUT2D eigenvalue weighted by molar-refractivity contribution is 0.580. The molecule has 0 aliphatic carbocycles. The van der Waals surface area contributed by atoms with Crippen molar-refractivity contribution >= 4 is 21.6 Å². The summed E-state index contributed by atoms with van der Waals surface area (Å²) < 4.78 is 26.4. The maximum atomic E-state index is 11.9. The molecule has 1 aromatic rings. The van der Waals surface area contributed by atoms with Crippen LogP contribution < -0.4 is 10.0 Å². The normalized spacial score (nSPS) is 11.7. The molecule has 19 heavy (non-hydrogen) atoms. The Kier molecular flexibility index (Phi) is 6.79. The van der Waals surface area contributed by atoms with E-state index in [9.17, 15) is 8.42 Å². The molecule has 108 valence electrons. The zero-order valence-corrected chi connectivity index (χ0v) is 12.9. The van der Waals surface area contributed by atoms with Gasteiger partial charge in [-0.3, -0.25) is 0 Å². The monoisotopic (exact) mass is 304 g/mol. The standard InChI is InChI=1S/C13H21ClN2O2S/c1-3-7-15-10-11-5-6-12(9-13(11)14)19(17,18)16-8-4-2/h5-6,9,15-16H,3-4,7-8,10H2,1-2H3. The van der Waals surface area contributed by atoms with Gasteiger partial charge in [-0.05, 0) is 37.1 Å². The molecule has 0 spiro atoms. The largest absolute Gasteiger partial charge is 0.313 e. The molecule has 0 unspecified atom stereocenters. The minimum Gasteiger partial charge on any atom is -0.313 e. The molecule has 0 fully saturated rings. The molecule has 0 heterocycles. The highest BCUT2D eigenvalue weighted by molar-refractivity contribution is 7.89. The van der Waals surface area contributed by atoms with Crippen molar-refractivity contribution in [3.05, 3.63) is 28.8 Å². The summed E-state index contributed by atoms with van der Waals surface area (Å²) >= 11 is 6.12. The SMILES string of the molecule is CCCNCc1ccc(S(=O)(=O)NCCC)cc1Cl. The first-order valence-corrected chi connectivity index (χ1v) is 8.36. The van der Waals surface area contributed by atoms with Crippen LogP contribution in [0.2, 0.25) is 5.02 Å². The van der Waals surface area contributed by atoms with Gasteiger partial charge in [0.05, 0.1) is 4.90 Å². The van der Waals surface area contributed by atoms with E-state index in [-0.39, 0.29) is 4.90 Å². The number of benzene rings is 1. The summed E-state index contributed by atoms with van der Waals surface area (Å²) in [5.74, 6) is 0. The third kappa shape index (κ3) is 5.10. The van der Waals surface area contributed by atoms with Crippen molar-refractivity contribution in [2.45, 2.75) is 38.1 Å². The minimum atomic E-state index is -3.44. The van der Waals surface area contributed by atoms with Gasteiger partial charge in [0.1, 0.15) is 0 Å². The van der Waals surface area contributed by atoms with Crippen molar-refractivity contribution in [1.82, 2.24) is 10.0 Å². The van der Waals surface area contributed by atoms with Crippen LogP contribution >= 0.6 is 11.6 Å². The second-order valence-electron chi connectivity index (χ2n) is 4.33. The Morgan fingerprint density at radius 2 is 1.84 bits per heavy atom. The molecular weight excluding hydrogens is 284 g/mol. The van der Waals surface area contributed by atoms with Gasteiger partial charge in [-0.15, -0.1) is 0 Å². The Balaban J connectivity index is 2.81. The van der Waals surface area contributed by atoms with Gasteiger partial charge in [0.15, 0.2) is 0 Å². The second kappa shape index (κ2) is 7.85. The minimum absolute atomic E-state index is 0.213. The predicted octanol–water partition coefficient (Wildman–Crippen LogP) is 2.53. The third-order valence-electron chi connectivity index (χ3n) is 2.62. The van der Waals surface area contributed by atoms with Gasteiger partial charge in [-0.1, -0.05) is 31.5 Å². The van der Waals surface area contributed by atoms with E-state index in [1.165, 1.54) is 6.07 Å². The Labute approximate surface area is 120 Å². The van der Waals surface area contributed by atoms with Crippen molar-refractivity contribution in [2.75, 3.05) is 13.1 Å². The fraction of sp³-hybridized carbons (Fsp3) is 0.538. The number of nitrogens with one attached hydrogen (secondary N) is 2. The van der Waals surface area contributed by atoms with E-state index in [1.54, 1.807) is 12.1 Å². The predicted molar refractivity (Wildman–Crippen MR) is 78.9 cm³/mol. The van der Waals surface area contributed by atoms with Gasteiger partial charge in [0.2, 0.25) is 10.0 Å². The van der Waals surface area contributed by atoms with Crippen molar-refractivity contribution in [3.8, 4) is 0 Å². The van der Waals surface area contributed by atoms with Crippen molar-refractivity contribution in [3.63, 3.8) is 0 Å². The molecule has 2 N–H and O–H groups in total. The molecule has 1 rings (SSSR count). The van der Waals surface area contributed by atoms with Crippen molar-refractivity contribution < 1.29 is 8.42 Å². The first-order valence-electron chi connectivity index (χ1n) is 6.50. The maximum Gasteiger partial charge on any atom is 0.240 e. The molecule has 0 radical (unpaired) electrons. The Hall–Kier alpha value is -0.620. The molecule has 0 saturated carbocycles. The topological polar surface area (TPSA) is 58.2 Å². The number of halogens is 1. The zero-order valence-electron chi connectivity index (χ0n) is 11.4. The van der Waals surface area contributed by atoms with Crippen LogP contribution in [0.15, 0.2) is 23.1 Å². The summed E-state index contributed by atoms with van der Waals surface area (Å²) in [7, 11) is -3.44. The third-order valence-corrected chi connectivity index (χ3v) is 4.43. The molecular formula is C13H21ClN2O2S. The molecule has 6 heteroatoms. The highest BCUT2D eigenvalue weighted by Crippen LogP contribution is 2.20. The first kappa shape index (κ1) is 16.4.